The lowest BCUT2D eigenvalue weighted by Crippen LogP contribution is -2.51. The maximum Gasteiger partial charge on any atom is 0.238 e. The van der Waals surface area contributed by atoms with Crippen molar-refractivity contribution in [3.05, 3.63) is 29.8 Å². The molecule has 1 aliphatic heterocycles. The van der Waals surface area contributed by atoms with Crippen molar-refractivity contribution in [1.29, 1.82) is 0 Å². The Morgan fingerprint density at radius 1 is 1.39 bits per heavy atom. The van der Waals surface area contributed by atoms with Crippen LogP contribution in [0.25, 0.3) is 0 Å². The van der Waals surface area contributed by atoms with Crippen LogP contribution < -0.4 is 10.1 Å². The number of benzene rings is 1. The van der Waals surface area contributed by atoms with Crippen molar-refractivity contribution in [2.45, 2.75) is 31.7 Å². The molecule has 0 unspecified atom stereocenters. The molecule has 0 aromatic heterocycles. The number of methoxy groups -OCH3 is 1. The largest absolute Gasteiger partial charge is 0.497 e. The number of sulfonamides is 1. The first-order chi connectivity index (χ1) is 10.9. The van der Waals surface area contributed by atoms with Crippen LogP contribution in [-0.4, -0.2) is 51.1 Å². The summed E-state index contributed by atoms with van der Waals surface area (Å²) >= 11 is 0. The van der Waals surface area contributed by atoms with Crippen molar-refractivity contribution in [3.8, 4) is 5.75 Å². The number of nitrogens with one attached hydrogen (secondary N) is 1. The Kier molecular flexibility index (Phi) is 6.01. The molecule has 6 nitrogen and oxygen atoms in total. The van der Waals surface area contributed by atoms with Crippen LogP contribution in [0.5, 0.6) is 5.75 Å². The standard InChI is InChI=1S/C16H24N2O4S/c1-22-14-7-5-6-13(12-14)9-10-17-16(19)15-8-3-4-11-18(15)23(2,20)21/h5-7,12,15H,3-4,8-11H2,1-2H3,(H,17,19)/t15-/m1/s1. The average Bonchev–Trinajstić information content (AvgIpc) is 2.54. The Morgan fingerprint density at radius 2 is 2.17 bits per heavy atom. The van der Waals surface area contributed by atoms with E-state index in [1.54, 1.807) is 7.11 Å². The number of ether oxygens (including phenoxy) is 1. The third kappa shape index (κ3) is 4.94. The highest BCUT2D eigenvalue weighted by atomic mass is 32.2. The summed E-state index contributed by atoms with van der Waals surface area (Å²) in [5.41, 5.74) is 1.06. The van der Waals surface area contributed by atoms with E-state index in [4.69, 9.17) is 4.74 Å². The minimum atomic E-state index is -3.35. The molecule has 0 bridgehead atoms. The molecule has 1 aliphatic rings. The van der Waals surface area contributed by atoms with Gasteiger partial charge in [-0.3, -0.25) is 4.79 Å². The van der Waals surface area contributed by atoms with Gasteiger partial charge in [-0.05, 0) is 37.0 Å². The first-order valence-corrected chi connectivity index (χ1v) is 9.64. The second-order valence-corrected chi connectivity index (χ2v) is 7.71. The van der Waals surface area contributed by atoms with Crippen LogP contribution in [-0.2, 0) is 21.2 Å². The van der Waals surface area contributed by atoms with Crippen molar-refractivity contribution < 1.29 is 17.9 Å². The lowest BCUT2D eigenvalue weighted by molar-refractivity contribution is -0.125. The summed E-state index contributed by atoms with van der Waals surface area (Å²) in [6.07, 6.45) is 4.10. The molecule has 0 radical (unpaired) electrons. The van der Waals surface area contributed by atoms with Gasteiger partial charge < -0.3 is 10.1 Å². The first-order valence-electron chi connectivity index (χ1n) is 7.79. The number of hydrogen-bond acceptors (Lipinski definition) is 4. The Bertz CT molecular complexity index is 645. The van der Waals surface area contributed by atoms with Crippen LogP contribution >= 0.6 is 0 Å². The van der Waals surface area contributed by atoms with Gasteiger partial charge in [0, 0.05) is 13.1 Å². The molecule has 1 aromatic carbocycles. The zero-order valence-corrected chi connectivity index (χ0v) is 14.4. The fraction of sp³-hybridized carbons (Fsp3) is 0.562. The Morgan fingerprint density at radius 3 is 2.87 bits per heavy atom. The maximum atomic E-state index is 12.3. The maximum absolute atomic E-state index is 12.3. The lowest BCUT2D eigenvalue weighted by atomic mass is 10.0. The number of piperidine rings is 1. The number of nitrogens with zero attached hydrogens (tertiary/aromatic N) is 1. The lowest BCUT2D eigenvalue weighted by Gasteiger charge is -2.32. The molecule has 0 spiro atoms. The van der Waals surface area contributed by atoms with Crippen molar-refractivity contribution in [2.75, 3.05) is 26.5 Å². The van der Waals surface area contributed by atoms with E-state index in [1.165, 1.54) is 4.31 Å². The number of rotatable bonds is 6. The van der Waals surface area contributed by atoms with Crippen LogP contribution in [0.2, 0.25) is 0 Å². The van der Waals surface area contributed by atoms with E-state index in [9.17, 15) is 13.2 Å². The summed E-state index contributed by atoms with van der Waals surface area (Å²) in [6, 6.07) is 7.09. The highest BCUT2D eigenvalue weighted by molar-refractivity contribution is 7.88. The molecule has 1 aromatic rings. The quantitative estimate of drug-likeness (QED) is 0.843. The predicted octanol–water partition coefficient (Wildman–Crippen LogP) is 1.17. The van der Waals surface area contributed by atoms with Crippen LogP contribution in [0, 0.1) is 0 Å². The van der Waals surface area contributed by atoms with E-state index >= 15 is 0 Å². The summed E-state index contributed by atoms with van der Waals surface area (Å²) in [7, 11) is -1.74. The summed E-state index contributed by atoms with van der Waals surface area (Å²) in [5, 5.41) is 2.85. The highest BCUT2D eigenvalue weighted by Gasteiger charge is 2.34. The molecule has 7 heteroatoms. The third-order valence-electron chi connectivity index (χ3n) is 4.03. The summed E-state index contributed by atoms with van der Waals surface area (Å²) in [6.45, 7) is 0.896. The summed E-state index contributed by atoms with van der Waals surface area (Å²) in [5.74, 6) is 0.572. The number of hydrogen-bond donors (Lipinski definition) is 1. The molecule has 1 heterocycles. The van der Waals surface area contributed by atoms with Crippen molar-refractivity contribution in [2.24, 2.45) is 0 Å². The molecule has 1 saturated heterocycles. The van der Waals surface area contributed by atoms with E-state index in [0.29, 0.717) is 25.9 Å². The van der Waals surface area contributed by atoms with Gasteiger partial charge in [-0.25, -0.2) is 8.42 Å². The van der Waals surface area contributed by atoms with Crippen LogP contribution in [0.1, 0.15) is 24.8 Å². The number of carbonyl (C=O) groups excluding carboxylic acids is 1. The molecule has 0 aliphatic carbocycles. The summed E-state index contributed by atoms with van der Waals surface area (Å²) in [4.78, 5) is 12.3. The van der Waals surface area contributed by atoms with Crippen LogP contribution in [0.15, 0.2) is 24.3 Å². The normalized spacial score (nSPS) is 19.3. The average molecular weight is 340 g/mol. The van der Waals surface area contributed by atoms with Crippen molar-refractivity contribution in [3.63, 3.8) is 0 Å². The molecule has 1 fully saturated rings. The topological polar surface area (TPSA) is 75.7 Å². The van der Waals surface area contributed by atoms with Gasteiger partial charge in [0.25, 0.3) is 0 Å². The van der Waals surface area contributed by atoms with Crippen LogP contribution in [0.3, 0.4) is 0 Å². The Labute approximate surface area is 137 Å². The van der Waals surface area contributed by atoms with Crippen LogP contribution in [0.4, 0.5) is 0 Å². The van der Waals surface area contributed by atoms with E-state index in [-0.39, 0.29) is 5.91 Å². The molecule has 1 atom stereocenters. The molecule has 23 heavy (non-hydrogen) atoms. The van der Waals surface area contributed by atoms with Gasteiger partial charge >= 0.3 is 0 Å². The van der Waals surface area contributed by atoms with E-state index in [1.807, 2.05) is 24.3 Å². The molecule has 1 N–H and O–H groups in total. The summed E-state index contributed by atoms with van der Waals surface area (Å²) < 4.78 is 30.1. The van der Waals surface area contributed by atoms with Crippen molar-refractivity contribution in [1.82, 2.24) is 9.62 Å². The van der Waals surface area contributed by atoms with Gasteiger partial charge in [0.15, 0.2) is 0 Å². The monoisotopic (exact) mass is 340 g/mol. The van der Waals surface area contributed by atoms with Crippen molar-refractivity contribution >= 4 is 15.9 Å². The minimum absolute atomic E-state index is 0.210. The number of amides is 1. The number of carbonyl (C=O) groups is 1. The van der Waals surface area contributed by atoms with Gasteiger partial charge in [0.05, 0.1) is 13.4 Å². The predicted molar refractivity (Wildman–Crippen MR) is 88.9 cm³/mol. The second kappa shape index (κ2) is 7.79. The molecule has 0 saturated carbocycles. The van der Waals surface area contributed by atoms with Gasteiger partial charge in [-0.1, -0.05) is 18.6 Å². The zero-order chi connectivity index (χ0) is 16.9. The van der Waals surface area contributed by atoms with Gasteiger partial charge in [-0.15, -0.1) is 0 Å². The van der Waals surface area contributed by atoms with E-state index in [2.05, 4.69) is 5.32 Å². The highest BCUT2D eigenvalue weighted by Crippen LogP contribution is 2.20. The van der Waals surface area contributed by atoms with Gasteiger partial charge in [0.1, 0.15) is 11.8 Å². The second-order valence-electron chi connectivity index (χ2n) is 5.78. The fourth-order valence-electron chi connectivity index (χ4n) is 2.84. The Hall–Kier alpha value is -1.60. The van der Waals surface area contributed by atoms with E-state index < -0.39 is 16.1 Å². The zero-order valence-electron chi connectivity index (χ0n) is 13.6. The first kappa shape index (κ1) is 17.7. The molecule has 128 valence electrons. The minimum Gasteiger partial charge on any atom is -0.497 e. The SMILES string of the molecule is COc1cccc(CCNC(=O)[C@H]2CCCCN2S(C)(=O)=O)c1. The Balaban J connectivity index is 1.90. The smallest absolute Gasteiger partial charge is 0.238 e. The third-order valence-corrected chi connectivity index (χ3v) is 5.32. The fourth-order valence-corrected chi connectivity index (χ4v) is 3.96. The van der Waals surface area contributed by atoms with Gasteiger partial charge in [-0.2, -0.15) is 4.31 Å². The molecule has 2 rings (SSSR count). The van der Waals surface area contributed by atoms with E-state index in [0.717, 1.165) is 30.4 Å². The van der Waals surface area contributed by atoms with Gasteiger partial charge in [0.2, 0.25) is 15.9 Å². The molecule has 1 amide bonds. The molecular weight excluding hydrogens is 316 g/mol. The molecular formula is C16H24N2O4S.